The van der Waals surface area contributed by atoms with Gasteiger partial charge in [0, 0.05) is 15.5 Å². The van der Waals surface area contributed by atoms with Crippen molar-refractivity contribution < 1.29 is 8.42 Å². The summed E-state index contributed by atoms with van der Waals surface area (Å²) >= 11 is 9.29. The zero-order chi connectivity index (χ0) is 15.6. The fraction of sp³-hybridized carbons (Fsp3) is 0.200. The van der Waals surface area contributed by atoms with Crippen molar-refractivity contribution in [2.24, 2.45) is 0 Å². The summed E-state index contributed by atoms with van der Waals surface area (Å²) < 4.78 is 28.3. The Kier molecular flexibility index (Phi) is 5.09. The largest absolute Gasteiger partial charge is 0.241 e. The lowest BCUT2D eigenvalue weighted by atomic mass is 10.1. The lowest BCUT2D eigenvalue weighted by Gasteiger charge is -2.15. The van der Waals surface area contributed by atoms with E-state index in [-0.39, 0.29) is 10.9 Å². The second-order valence-electron chi connectivity index (χ2n) is 4.81. The molecule has 1 unspecified atom stereocenters. The van der Waals surface area contributed by atoms with Crippen molar-refractivity contribution >= 4 is 37.6 Å². The Balaban J connectivity index is 2.26. The summed E-state index contributed by atoms with van der Waals surface area (Å²) in [6.45, 7) is 3.64. The van der Waals surface area contributed by atoms with Crippen LogP contribution in [0.4, 0.5) is 0 Å². The molecule has 0 bridgehead atoms. The Hall–Kier alpha value is -0.880. The van der Waals surface area contributed by atoms with Gasteiger partial charge >= 0.3 is 0 Å². The first kappa shape index (κ1) is 16.5. The van der Waals surface area contributed by atoms with Crippen LogP contribution in [0.1, 0.15) is 24.1 Å². The van der Waals surface area contributed by atoms with Gasteiger partial charge in [-0.05, 0) is 55.3 Å². The summed E-state index contributed by atoms with van der Waals surface area (Å²) in [5.41, 5.74) is 1.69. The van der Waals surface area contributed by atoms with Crippen LogP contribution in [0.3, 0.4) is 0 Å². The maximum Gasteiger partial charge on any atom is 0.241 e. The monoisotopic (exact) mass is 387 g/mol. The molecule has 6 heteroatoms. The van der Waals surface area contributed by atoms with E-state index in [1.165, 1.54) is 0 Å². The first-order valence-electron chi connectivity index (χ1n) is 6.33. The highest BCUT2D eigenvalue weighted by Gasteiger charge is 2.19. The molecule has 2 rings (SSSR count). The minimum absolute atomic E-state index is 0.247. The number of aryl methyl sites for hydroxylation is 1. The number of nitrogens with one attached hydrogen (secondary N) is 1. The molecular formula is C15H15BrClNO2S. The highest BCUT2D eigenvalue weighted by molar-refractivity contribution is 9.10. The Morgan fingerprint density at radius 2 is 1.90 bits per heavy atom. The lowest BCUT2D eigenvalue weighted by molar-refractivity contribution is 0.567. The standard InChI is InChI=1S/C15H15BrClNO2S/c1-10-8-14(6-7-15(10)16)21(19,20)18-11(2)12-4-3-5-13(17)9-12/h3-9,11,18H,1-2H3. The van der Waals surface area contributed by atoms with Gasteiger partial charge in [-0.25, -0.2) is 13.1 Å². The lowest BCUT2D eigenvalue weighted by Crippen LogP contribution is -2.27. The molecule has 112 valence electrons. The van der Waals surface area contributed by atoms with Crippen LogP contribution in [0.5, 0.6) is 0 Å². The van der Waals surface area contributed by atoms with Crippen molar-refractivity contribution in [2.75, 3.05) is 0 Å². The van der Waals surface area contributed by atoms with E-state index in [9.17, 15) is 8.42 Å². The number of halogens is 2. The molecule has 3 nitrogen and oxygen atoms in total. The topological polar surface area (TPSA) is 46.2 Å². The molecule has 0 spiro atoms. The Morgan fingerprint density at radius 3 is 2.52 bits per heavy atom. The van der Waals surface area contributed by atoms with E-state index < -0.39 is 10.0 Å². The molecule has 21 heavy (non-hydrogen) atoms. The number of rotatable bonds is 4. The molecule has 0 aliphatic rings. The Bertz CT molecular complexity index is 762. The van der Waals surface area contributed by atoms with Crippen LogP contribution in [0.25, 0.3) is 0 Å². The summed E-state index contributed by atoms with van der Waals surface area (Å²) in [5.74, 6) is 0. The number of benzene rings is 2. The van der Waals surface area contributed by atoms with Gasteiger partial charge in [-0.2, -0.15) is 0 Å². The third-order valence-corrected chi connectivity index (χ3v) is 5.78. The van der Waals surface area contributed by atoms with E-state index in [0.29, 0.717) is 5.02 Å². The van der Waals surface area contributed by atoms with Crippen LogP contribution in [-0.2, 0) is 10.0 Å². The molecule has 2 aromatic rings. The van der Waals surface area contributed by atoms with Crippen LogP contribution in [-0.4, -0.2) is 8.42 Å². The average molecular weight is 389 g/mol. The smallest absolute Gasteiger partial charge is 0.207 e. The molecule has 0 fully saturated rings. The van der Waals surface area contributed by atoms with E-state index >= 15 is 0 Å². The quantitative estimate of drug-likeness (QED) is 0.841. The first-order valence-corrected chi connectivity index (χ1v) is 8.99. The predicted octanol–water partition coefficient (Wildman–Crippen LogP) is 4.45. The average Bonchev–Trinajstić information content (AvgIpc) is 2.41. The van der Waals surface area contributed by atoms with Gasteiger partial charge < -0.3 is 0 Å². The molecule has 0 aromatic heterocycles. The van der Waals surface area contributed by atoms with Crippen molar-refractivity contribution in [3.8, 4) is 0 Å². The third kappa shape index (κ3) is 4.07. The fourth-order valence-corrected chi connectivity index (χ4v) is 3.69. The van der Waals surface area contributed by atoms with E-state index in [0.717, 1.165) is 15.6 Å². The van der Waals surface area contributed by atoms with Gasteiger partial charge in [0.2, 0.25) is 10.0 Å². The summed E-state index contributed by atoms with van der Waals surface area (Å²) in [7, 11) is -3.57. The summed E-state index contributed by atoms with van der Waals surface area (Å²) in [6, 6.07) is 11.7. The minimum atomic E-state index is -3.57. The molecule has 2 aromatic carbocycles. The Labute approximate surface area is 138 Å². The molecule has 1 N–H and O–H groups in total. The summed E-state index contributed by atoms with van der Waals surface area (Å²) in [6.07, 6.45) is 0. The second-order valence-corrected chi connectivity index (χ2v) is 7.81. The van der Waals surface area contributed by atoms with Crippen LogP contribution >= 0.6 is 27.5 Å². The molecule has 0 amide bonds. The molecule has 0 saturated carbocycles. The zero-order valence-corrected chi connectivity index (χ0v) is 14.8. The van der Waals surface area contributed by atoms with Gasteiger partial charge in [-0.1, -0.05) is 39.7 Å². The van der Waals surface area contributed by atoms with Gasteiger partial charge in [0.1, 0.15) is 0 Å². The molecule has 0 saturated heterocycles. The van der Waals surface area contributed by atoms with Crippen LogP contribution < -0.4 is 4.72 Å². The molecule has 1 atom stereocenters. The van der Waals surface area contributed by atoms with Crippen LogP contribution in [0, 0.1) is 6.92 Å². The SMILES string of the molecule is Cc1cc(S(=O)(=O)NC(C)c2cccc(Cl)c2)ccc1Br. The van der Waals surface area contributed by atoms with Gasteiger partial charge in [0.15, 0.2) is 0 Å². The fourth-order valence-electron chi connectivity index (χ4n) is 1.93. The van der Waals surface area contributed by atoms with Gasteiger partial charge in [0.05, 0.1) is 4.90 Å². The summed E-state index contributed by atoms with van der Waals surface area (Å²) in [4.78, 5) is 0.247. The Morgan fingerprint density at radius 1 is 1.19 bits per heavy atom. The highest BCUT2D eigenvalue weighted by atomic mass is 79.9. The second kappa shape index (κ2) is 6.48. The minimum Gasteiger partial charge on any atom is -0.207 e. The molecule has 0 aliphatic heterocycles. The van der Waals surface area contributed by atoms with Gasteiger partial charge in [-0.3, -0.25) is 0 Å². The zero-order valence-electron chi connectivity index (χ0n) is 11.6. The van der Waals surface area contributed by atoms with E-state index in [1.54, 1.807) is 43.3 Å². The molecular weight excluding hydrogens is 374 g/mol. The maximum absolute atomic E-state index is 12.4. The highest BCUT2D eigenvalue weighted by Crippen LogP contribution is 2.23. The number of sulfonamides is 1. The van der Waals surface area contributed by atoms with Gasteiger partial charge in [-0.15, -0.1) is 0 Å². The van der Waals surface area contributed by atoms with Crippen molar-refractivity contribution in [3.05, 3.63) is 63.1 Å². The number of hydrogen-bond acceptors (Lipinski definition) is 2. The van der Waals surface area contributed by atoms with Gasteiger partial charge in [0.25, 0.3) is 0 Å². The van der Waals surface area contributed by atoms with Crippen LogP contribution in [0.15, 0.2) is 51.8 Å². The molecule has 0 radical (unpaired) electrons. The molecule has 0 aliphatic carbocycles. The summed E-state index contributed by atoms with van der Waals surface area (Å²) in [5, 5.41) is 0.582. The van der Waals surface area contributed by atoms with Crippen molar-refractivity contribution in [3.63, 3.8) is 0 Å². The van der Waals surface area contributed by atoms with Crippen molar-refractivity contribution in [1.82, 2.24) is 4.72 Å². The normalized spacial score (nSPS) is 13.1. The third-order valence-electron chi connectivity index (χ3n) is 3.12. The molecule has 0 heterocycles. The van der Waals surface area contributed by atoms with E-state index in [4.69, 9.17) is 11.6 Å². The first-order chi connectivity index (χ1) is 9.79. The van der Waals surface area contributed by atoms with E-state index in [1.807, 2.05) is 13.0 Å². The van der Waals surface area contributed by atoms with E-state index in [2.05, 4.69) is 20.7 Å². The van der Waals surface area contributed by atoms with Crippen LogP contribution in [0.2, 0.25) is 5.02 Å². The van der Waals surface area contributed by atoms with Crippen molar-refractivity contribution in [2.45, 2.75) is 24.8 Å². The number of hydrogen-bond donors (Lipinski definition) is 1. The van der Waals surface area contributed by atoms with Crippen molar-refractivity contribution in [1.29, 1.82) is 0 Å². The maximum atomic E-state index is 12.4. The predicted molar refractivity (Wildman–Crippen MR) is 89.1 cm³/mol.